The van der Waals surface area contributed by atoms with Crippen LogP contribution in [0.25, 0.3) is 0 Å². The summed E-state index contributed by atoms with van der Waals surface area (Å²) >= 11 is 6.12. The highest BCUT2D eigenvalue weighted by molar-refractivity contribution is 6.31. The summed E-state index contributed by atoms with van der Waals surface area (Å²) in [6.45, 7) is 10.3. The Hall–Kier alpha value is -1.32. The number of rotatable bonds is 6. The van der Waals surface area contributed by atoms with Crippen molar-refractivity contribution in [1.82, 2.24) is 15.1 Å². The summed E-state index contributed by atoms with van der Waals surface area (Å²) < 4.78 is 1.98. The van der Waals surface area contributed by atoms with E-state index in [1.807, 2.05) is 11.6 Å². The Morgan fingerprint density at radius 1 is 1.29 bits per heavy atom. The van der Waals surface area contributed by atoms with Crippen molar-refractivity contribution in [2.24, 2.45) is 0 Å². The first-order valence-corrected chi connectivity index (χ1v) is 7.89. The molecule has 1 N–H and O–H groups in total. The maximum atomic E-state index is 6.12. The quantitative estimate of drug-likeness (QED) is 0.866. The summed E-state index contributed by atoms with van der Waals surface area (Å²) in [5.74, 6) is 0. The number of halogens is 1. The lowest BCUT2D eigenvalue weighted by molar-refractivity contribution is 0.432. The third kappa shape index (κ3) is 3.86. The van der Waals surface area contributed by atoms with Crippen LogP contribution in [0.15, 0.2) is 24.4 Å². The Balaban J connectivity index is 2.29. The molecule has 0 radical (unpaired) electrons. The Morgan fingerprint density at radius 2 is 2.05 bits per heavy atom. The third-order valence-electron chi connectivity index (χ3n) is 3.85. The van der Waals surface area contributed by atoms with Crippen LogP contribution in [0.3, 0.4) is 0 Å². The molecular weight excluding hydrogens is 282 g/mol. The van der Waals surface area contributed by atoms with Gasteiger partial charge in [-0.1, -0.05) is 42.3 Å². The van der Waals surface area contributed by atoms with Crippen LogP contribution in [0.1, 0.15) is 41.8 Å². The van der Waals surface area contributed by atoms with Crippen molar-refractivity contribution in [1.29, 1.82) is 0 Å². The highest BCUT2D eigenvalue weighted by Gasteiger charge is 2.16. The molecule has 0 amide bonds. The first kappa shape index (κ1) is 16.1. The number of hydrogen-bond donors (Lipinski definition) is 1. The molecule has 21 heavy (non-hydrogen) atoms. The fourth-order valence-corrected chi connectivity index (χ4v) is 2.65. The molecule has 114 valence electrons. The maximum Gasteiger partial charge on any atom is 0.0814 e. The lowest BCUT2D eigenvalue weighted by atomic mass is 9.98. The van der Waals surface area contributed by atoms with Gasteiger partial charge in [-0.15, -0.1) is 0 Å². The highest BCUT2D eigenvalue weighted by atomic mass is 35.5. The molecule has 0 saturated carbocycles. The molecule has 0 spiro atoms. The van der Waals surface area contributed by atoms with Gasteiger partial charge < -0.3 is 5.32 Å². The highest BCUT2D eigenvalue weighted by Crippen LogP contribution is 2.23. The van der Waals surface area contributed by atoms with Gasteiger partial charge in [0.1, 0.15) is 0 Å². The average molecular weight is 306 g/mol. The van der Waals surface area contributed by atoms with Crippen LogP contribution in [0, 0.1) is 20.8 Å². The summed E-state index contributed by atoms with van der Waals surface area (Å²) in [6.07, 6.45) is 2.83. The average Bonchev–Trinajstić information content (AvgIpc) is 2.78. The van der Waals surface area contributed by atoms with Gasteiger partial charge in [0.15, 0.2) is 0 Å². The molecule has 1 heterocycles. The third-order valence-corrected chi connectivity index (χ3v) is 4.22. The van der Waals surface area contributed by atoms with E-state index in [9.17, 15) is 0 Å². The number of nitrogens with zero attached hydrogens (tertiary/aromatic N) is 2. The minimum absolute atomic E-state index is 0.250. The Kier molecular flexibility index (Phi) is 5.43. The predicted octanol–water partition coefficient (Wildman–Crippen LogP) is 4.20. The zero-order valence-corrected chi connectivity index (χ0v) is 14.0. The molecule has 1 aromatic heterocycles. The second-order valence-corrected chi connectivity index (χ2v) is 6.03. The van der Waals surface area contributed by atoms with Gasteiger partial charge in [-0.3, -0.25) is 4.68 Å². The fraction of sp³-hybridized carbons (Fsp3) is 0.471. The first-order chi connectivity index (χ1) is 10.0. The first-order valence-electron chi connectivity index (χ1n) is 7.51. The largest absolute Gasteiger partial charge is 0.308 e. The summed E-state index contributed by atoms with van der Waals surface area (Å²) in [5, 5.41) is 8.75. The van der Waals surface area contributed by atoms with Crippen molar-refractivity contribution in [2.45, 2.75) is 46.7 Å². The molecule has 1 atom stereocenters. The van der Waals surface area contributed by atoms with Crippen molar-refractivity contribution in [3.05, 3.63) is 51.8 Å². The van der Waals surface area contributed by atoms with Gasteiger partial charge in [0.05, 0.1) is 29.5 Å². The van der Waals surface area contributed by atoms with E-state index >= 15 is 0 Å². The normalized spacial score (nSPS) is 12.6. The molecule has 1 aromatic carbocycles. The summed E-state index contributed by atoms with van der Waals surface area (Å²) in [4.78, 5) is 0. The van der Waals surface area contributed by atoms with Gasteiger partial charge in [0.25, 0.3) is 0 Å². The minimum Gasteiger partial charge on any atom is -0.308 e. The second kappa shape index (κ2) is 7.10. The zero-order valence-electron chi connectivity index (χ0n) is 13.3. The van der Waals surface area contributed by atoms with Crippen LogP contribution in [-0.2, 0) is 6.54 Å². The minimum atomic E-state index is 0.250. The van der Waals surface area contributed by atoms with Crippen LogP contribution >= 0.6 is 11.6 Å². The van der Waals surface area contributed by atoms with Crippen molar-refractivity contribution in [3.8, 4) is 0 Å². The lowest BCUT2D eigenvalue weighted by Gasteiger charge is -2.22. The molecule has 0 aliphatic heterocycles. The van der Waals surface area contributed by atoms with Crippen LogP contribution in [0.5, 0.6) is 0 Å². The van der Waals surface area contributed by atoms with E-state index in [0.29, 0.717) is 0 Å². The van der Waals surface area contributed by atoms with Crippen molar-refractivity contribution in [2.75, 3.05) is 6.54 Å². The number of nitrogens with one attached hydrogen (secondary N) is 1. The molecule has 0 aliphatic rings. The summed E-state index contributed by atoms with van der Waals surface area (Å²) in [7, 11) is 0. The van der Waals surface area contributed by atoms with E-state index in [1.165, 1.54) is 16.7 Å². The lowest BCUT2D eigenvalue weighted by Crippen LogP contribution is -2.27. The standard InChI is InChI=1S/C17H24ClN3/c1-5-8-19-17(11-21-14(4)16(18)10-20-21)15-9-12(2)6-7-13(15)3/h6-7,9-10,17,19H,5,8,11H2,1-4H3. The van der Waals surface area contributed by atoms with Crippen molar-refractivity contribution in [3.63, 3.8) is 0 Å². The fourth-order valence-electron chi connectivity index (χ4n) is 2.51. The van der Waals surface area contributed by atoms with Gasteiger partial charge in [0, 0.05) is 0 Å². The van der Waals surface area contributed by atoms with E-state index in [4.69, 9.17) is 11.6 Å². The SMILES string of the molecule is CCCNC(Cn1ncc(Cl)c1C)c1cc(C)ccc1C. The van der Waals surface area contributed by atoms with Crippen LogP contribution in [-0.4, -0.2) is 16.3 Å². The van der Waals surface area contributed by atoms with Gasteiger partial charge in [-0.25, -0.2) is 0 Å². The number of aromatic nitrogens is 2. The predicted molar refractivity (Wildman–Crippen MR) is 88.9 cm³/mol. The Morgan fingerprint density at radius 3 is 2.67 bits per heavy atom. The van der Waals surface area contributed by atoms with Crippen molar-refractivity contribution < 1.29 is 0 Å². The monoisotopic (exact) mass is 305 g/mol. The summed E-state index contributed by atoms with van der Waals surface area (Å²) in [5.41, 5.74) is 4.96. The van der Waals surface area contributed by atoms with Gasteiger partial charge in [0.2, 0.25) is 0 Å². The molecule has 0 bridgehead atoms. The molecular formula is C17H24ClN3. The smallest absolute Gasteiger partial charge is 0.0814 e. The van der Waals surface area contributed by atoms with E-state index in [0.717, 1.165) is 30.2 Å². The molecule has 4 heteroatoms. The second-order valence-electron chi connectivity index (χ2n) is 5.63. The molecule has 2 aromatic rings. The van der Waals surface area contributed by atoms with Gasteiger partial charge >= 0.3 is 0 Å². The number of aryl methyl sites for hydroxylation is 2. The number of hydrogen-bond acceptors (Lipinski definition) is 2. The van der Waals surface area contributed by atoms with Crippen molar-refractivity contribution >= 4 is 11.6 Å². The maximum absolute atomic E-state index is 6.12. The topological polar surface area (TPSA) is 29.9 Å². The van der Waals surface area contributed by atoms with Crippen LogP contribution < -0.4 is 5.32 Å². The molecule has 0 fully saturated rings. The van der Waals surface area contributed by atoms with E-state index in [2.05, 4.69) is 49.4 Å². The number of benzene rings is 1. The van der Waals surface area contributed by atoms with E-state index < -0.39 is 0 Å². The Labute approximate surface area is 132 Å². The van der Waals surface area contributed by atoms with Crippen LogP contribution in [0.2, 0.25) is 5.02 Å². The van der Waals surface area contributed by atoms with Crippen LogP contribution in [0.4, 0.5) is 0 Å². The molecule has 3 nitrogen and oxygen atoms in total. The molecule has 0 saturated heterocycles. The van der Waals surface area contributed by atoms with E-state index in [1.54, 1.807) is 6.20 Å². The summed E-state index contributed by atoms with van der Waals surface area (Å²) in [6, 6.07) is 6.86. The van der Waals surface area contributed by atoms with Gasteiger partial charge in [-0.05, 0) is 44.9 Å². The zero-order chi connectivity index (χ0) is 15.4. The molecule has 0 aliphatic carbocycles. The van der Waals surface area contributed by atoms with Gasteiger partial charge in [-0.2, -0.15) is 5.10 Å². The Bertz CT molecular complexity index is 604. The molecule has 1 unspecified atom stereocenters. The van der Waals surface area contributed by atoms with E-state index in [-0.39, 0.29) is 6.04 Å². The molecule has 2 rings (SSSR count).